The van der Waals surface area contributed by atoms with Crippen molar-refractivity contribution < 1.29 is 0 Å². The Morgan fingerprint density at radius 3 is 2.44 bits per heavy atom. The number of likely N-dealkylation sites (N-methyl/N-ethyl adjacent to an activating group) is 2. The Labute approximate surface area is 57.0 Å². The molecule has 2 N–H and O–H groups in total. The van der Waals surface area contributed by atoms with Crippen molar-refractivity contribution in [2.45, 2.75) is 18.9 Å². The van der Waals surface area contributed by atoms with Crippen molar-refractivity contribution >= 4 is 0 Å². The van der Waals surface area contributed by atoms with E-state index in [1.807, 2.05) is 14.1 Å². The smallest absolute Gasteiger partial charge is 0.0217 e. The van der Waals surface area contributed by atoms with Crippen molar-refractivity contribution in [3.8, 4) is 0 Å². The molecule has 2 nitrogen and oxygen atoms in total. The summed E-state index contributed by atoms with van der Waals surface area (Å²) in [6.07, 6.45) is 2.85. The molecule has 1 saturated carbocycles. The quantitative estimate of drug-likeness (QED) is 0.565. The molecule has 0 spiro atoms. The van der Waals surface area contributed by atoms with Gasteiger partial charge in [0.15, 0.2) is 0 Å². The van der Waals surface area contributed by atoms with Gasteiger partial charge in [-0.25, -0.2) is 0 Å². The molecule has 1 fully saturated rings. The Bertz CT molecular complexity index is 79.0. The Kier molecular flexibility index (Phi) is 2.49. The van der Waals surface area contributed by atoms with Crippen LogP contribution in [-0.4, -0.2) is 26.7 Å². The second kappa shape index (κ2) is 3.18. The summed E-state index contributed by atoms with van der Waals surface area (Å²) >= 11 is 0. The normalized spacial score (nSPS) is 22.0. The van der Waals surface area contributed by atoms with Crippen LogP contribution >= 0.6 is 0 Å². The fourth-order valence-corrected chi connectivity index (χ4v) is 1.22. The number of hydrogen-bond donors (Lipinski definition) is 2. The van der Waals surface area contributed by atoms with Gasteiger partial charge in [0.1, 0.15) is 0 Å². The molecule has 0 bridgehead atoms. The highest BCUT2D eigenvalue weighted by atomic mass is 15.0. The van der Waals surface area contributed by atoms with Crippen molar-refractivity contribution in [3.63, 3.8) is 0 Å². The monoisotopic (exact) mass is 128 g/mol. The average Bonchev–Trinajstić information content (AvgIpc) is 2.64. The van der Waals surface area contributed by atoms with E-state index in [4.69, 9.17) is 0 Å². The maximum absolute atomic E-state index is 3.30. The second-order valence-electron chi connectivity index (χ2n) is 2.79. The minimum absolute atomic E-state index is 0.718. The van der Waals surface area contributed by atoms with E-state index >= 15 is 0 Å². The molecule has 1 unspecified atom stereocenters. The van der Waals surface area contributed by atoms with Gasteiger partial charge in [-0.1, -0.05) is 0 Å². The molecule has 1 aliphatic rings. The zero-order chi connectivity index (χ0) is 6.69. The molecule has 1 atom stereocenters. The van der Waals surface area contributed by atoms with E-state index in [9.17, 15) is 0 Å². The first kappa shape index (κ1) is 7.03. The Morgan fingerprint density at radius 1 is 1.44 bits per heavy atom. The van der Waals surface area contributed by atoms with Crippen LogP contribution in [0, 0.1) is 5.92 Å². The zero-order valence-electron chi connectivity index (χ0n) is 6.28. The minimum atomic E-state index is 0.718. The fourth-order valence-electron chi connectivity index (χ4n) is 1.22. The van der Waals surface area contributed by atoms with Crippen LogP contribution in [0.1, 0.15) is 12.8 Å². The van der Waals surface area contributed by atoms with Gasteiger partial charge in [-0.2, -0.15) is 0 Å². The van der Waals surface area contributed by atoms with E-state index in [-0.39, 0.29) is 0 Å². The van der Waals surface area contributed by atoms with E-state index in [1.165, 1.54) is 12.8 Å². The van der Waals surface area contributed by atoms with Gasteiger partial charge in [-0.15, -0.1) is 0 Å². The molecule has 0 aromatic heterocycles. The van der Waals surface area contributed by atoms with Crippen molar-refractivity contribution in [2.75, 3.05) is 20.6 Å². The van der Waals surface area contributed by atoms with Gasteiger partial charge in [-0.3, -0.25) is 0 Å². The number of nitrogens with one attached hydrogen (secondary N) is 2. The van der Waals surface area contributed by atoms with Gasteiger partial charge in [0, 0.05) is 12.6 Å². The van der Waals surface area contributed by atoms with Crippen molar-refractivity contribution in [1.82, 2.24) is 10.6 Å². The lowest BCUT2D eigenvalue weighted by Crippen LogP contribution is -2.36. The summed E-state index contributed by atoms with van der Waals surface area (Å²) in [6.45, 7) is 1.11. The Balaban J connectivity index is 2.12. The van der Waals surface area contributed by atoms with E-state index in [0.29, 0.717) is 0 Å². The highest BCUT2D eigenvalue weighted by Gasteiger charge is 2.29. The van der Waals surface area contributed by atoms with Crippen LogP contribution in [-0.2, 0) is 0 Å². The zero-order valence-corrected chi connectivity index (χ0v) is 6.28. The lowest BCUT2D eigenvalue weighted by molar-refractivity contribution is 0.481. The van der Waals surface area contributed by atoms with Crippen LogP contribution in [0.25, 0.3) is 0 Å². The third-order valence-electron chi connectivity index (χ3n) is 1.99. The summed E-state index contributed by atoms with van der Waals surface area (Å²) in [4.78, 5) is 0. The topological polar surface area (TPSA) is 24.1 Å². The molecule has 0 amide bonds. The molecule has 2 heteroatoms. The summed E-state index contributed by atoms with van der Waals surface area (Å²) < 4.78 is 0. The largest absolute Gasteiger partial charge is 0.318 e. The summed E-state index contributed by atoms with van der Waals surface area (Å²) in [5, 5.41) is 6.48. The van der Waals surface area contributed by atoms with Crippen LogP contribution in [0.4, 0.5) is 0 Å². The van der Waals surface area contributed by atoms with Crippen molar-refractivity contribution in [2.24, 2.45) is 5.92 Å². The second-order valence-corrected chi connectivity index (χ2v) is 2.79. The molecule has 54 valence electrons. The van der Waals surface area contributed by atoms with E-state index in [1.54, 1.807) is 0 Å². The maximum atomic E-state index is 3.30. The third-order valence-corrected chi connectivity index (χ3v) is 1.99. The summed E-state index contributed by atoms with van der Waals surface area (Å²) in [7, 11) is 4.05. The van der Waals surface area contributed by atoms with Gasteiger partial charge in [0.25, 0.3) is 0 Å². The standard InChI is InChI=1S/C7H16N2/c1-8-5-7(9-2)6-3-4-6/h6-9H,3-5H2,1-2H3. The molecular formula is C7H16N2. The summed E-state index contributed by atoms with van der Waals surface area (Å²) in [5.41, 5.74) is 0. The third kappa shape index (κ3) is 1.95. The maximum Gasteiger partial charge on any atom is 0.0217 e. The van der Waals surface area contributed by atoms with Gasteiger partial charge >= 0.3 is 0 Å². The fraction of sp³-hybridized carbons (Fsp3) is 1.00. The first-order valence-electron chi connectivity index (χ1n) is 3.70. The molecule has 0 radical (unpaired) electrons. The van der Waals surface area contributed by atoms with Crippen LogP contribution in [0.15, 0.2) is 0 Å². The molecule has 0 aliphatic heterocycles. The van der Waals surface area contributed by atoms with E-state index in [2.05, 4.69) is 10.6 Å². The first-order valence-corrected chi connectivity index (χ1v) is 3.70. The summed E-state index contributed by atoms with van der Waals surface area (Å²) in [6, 6.07) is 0.718. The lowest BCUT2D eigenvalue weighted by Gasteiger charge is -2.13. The van der Waals surface area contributed by atoms with E-state index < -0.39 is 0 Å². The molecule has 1 rings (SSSR count). The summed E-state index contributed by atoms with van der Waals surface area (Å²) in [5.74, 6) is 0.961. The van der Waals surface area contributed by atoms with Gasteiger partial charge in [0.2, 0.25) is 0 Å². The molecule has 0 heterocycles. The highest BCUT2D eigenvalue weighted by Crippen LogP contribution is 2.31. The molecule has 9 heavy (non-hydrogen) atoms. The van der Waals surface area contributed by atoms with Crippen LogP contribution in [0.3, 0.4) is 0 Å². The van der Waals surface area contributed by atoms with Crippen LogP contribution in [0.2, 0.25) is 0 Å². The van der Waals surface area contributed by atoms with Crippen LogP contribution in [0.5, 0.6) is 0 Å². The predicted octanol–water partition coefficient (Wildman–Crippen LogP) is 0.204. The van der Waals surface area contributed by atoms with Crippen LogP contribution < -0.4 is 10.6 Å². The predicted molar refractivity (Wildman–Crippen MR) is 39.5 cm³/mol. The van der Waals surface area contributed by atoms with Crippen molar-refractivity contribution in [1.29, 1.82) is 0 Å². The molecule has 1 aliphatic carbocycles. The SMILES string of the molecule is CNCC(NC)C1CC1. The number of hydrogen-bond acceptors (Lipinski definition) is 2. The molecule has 0 saturated heterocycles. The number of rotatable bonds is 4. The molecule has 0 aromatic rings. The highest BCUT2D eigenvalue weighted by molar-refractivity contribution is 4.86. The van der Waals surface area contributed by atoms with Gasteiger partial charge < -0.3 is 10.6 Å². The Morgan fingerprint density at radius 2 is 2.11 bits per heavy atom. The first-order chi connectivity index (χ1) is 4.38. The minimum Gasteiger partial charge on any atom is -0.318 e. The average molecular weight is 128 g/mol. The van der Waals surface area contributed by atoms with Gasteiger partial charge in [-0.05, 0) is 32.9 Å². The van der Waals surface area contributed by atoms with Crippen molar-refractivity contribution in [3.05, 3.63) is 0 Å². The molecular weight excluding hydrogens is 112 g/mol. The van der Waals surface area contributed by atoms with Gasteiger partial charge in [0.05, 0.1) is 0 Å². The van der Waals surface area contributed by atoms with E-state index in [0.717, 1.165) is 18.5 Å². The Hall–Kier alpha value is -0.0800. The lowest BCUT2D eigenvalue weighted by atomic mass is 10.2. The molecule has 0 aromatic carbocycles.